The molecule has 0 aromatic heterocycles. The molecule has 5 nitrogen and oxygen atoms in total. The van der Waals surface area contributed by atoms with Crippen molar-refractivity contribution in [1.82, 2.24) is 10.3 Å². The number of rotatable bonds is 7. The molecule has 2 unspecified atom stereocenters. The average molecular weight is 293 g/mol. The van der Waals surface area contributed by atoms with E-state index >= 15 is 0 Å². The molecular formula is C16H27N3O2. The van der Waals surface area contributed by atoms with Crippen molar-refractivity contribution in [3.05, 3.63) is 29.8 Å². The van der Waals surface area contributed by atoms with Crippen LogP contribution >= 0.6 is 0 Å². The molecule has 1 heterocycles. The normalized spacial score (nSPS) is 21.2. The van der Waals surface area contributed by atoms with Gasteiger partial charge in [-0.25, -0.2) is 0 Å². The molecule has 1 fully saturated rings. The number of hydrogen-bond donors (Lipinski definition) is 2. The molecule has 0 amide bonds. The highest BCUT2D eigenvalue weighted by atomic mass is 16.5. The molecule has 0 spiro atoms. The van der Waals surface area contributed by atoms with Crippen LogP contribution in [-0.2, 0) is 4.74 Å². The largest absolute Gasteiger partial charge is 0.494 e. The lowest BCUT2D eigenvalue weighted by atomic mass is 10.0. The summed E-state index contributed by atoms with van der Waals surface area (Å²) in [7, 11) is 0. The van der Waals surface area contributed by atoms with Gasteiger partial charge >= 0.3 is 0 Å². The Kier molecular flexibility index (Phi) is 6.45. The molecular weight excluding hydrogens is 266 g/mol. The Morgan fingerprint density at radius 3 is 2.76 bits per heavy atom. The maximum absolute atomic E-state index is 5.92. The third kappa shape index (κ3) is 4.41. The first-order chi connectivity index (χ1) is 10.3. The summed E-state index contributed by atoms with van der Waals surface area (Å²) in [4.78, 5) is 2.44. The number of nitrogens with two attached hydrogens (primary N) is 1. The van der Waals surface area contributed by atoms with Crippen LogP contribution in [-0.4, -0.2) is 43.9 Å². The molecule has 0 aliphatic carbocycles. The van der Waals surface area contributed by atoms with Crippen molar-refractivity contribution in [3.63, 3.8) is 0 Å². The van der Waals surface area contributed by atoms with E-state index < -0.39 is 0 Å². The lowest BCUT2D eigenvalue weighted by Crippen LogP contribution is -2.49. The molecule has 2 rings (SSSR count). The zero-order valence-electron chi connectivity index (χ0n) is 13.0. The Balaban J connectivity index is 2.04. The second kappa shape index (κ2) is 8.34. The highest BCUT2D eigenvalue weighted by Crippen LogP contribution is 2.24. The first-order valence-corrected chi connectivity index (χ1v) is 7.81. The van der Waals surface area contributed by atoms with Gasteiger partial charge in [0.1, 0.15) is 5.75 Å². The van der Waals surface area contributed by atoms with Crippen LogP contribution in [0.25, 0.3) is 0 Å². The van der Waals surface area contributed by atoms with Crippen LogP contribution in [0.1, 0.15) is 31.9 Å². The van der Waals surface area contributed by atoms with Gasteiger partial charge in [0.25, 0.3) is 0 Å². The summed E-state index contributed by atoms with van der Waals surface area (Å²) in [6, 6.07) is 8.07. The van der Waals surface area contributed by atoms with E-state index in [1.807, 2.05) is 19.1 Å². The predicted molar refractivity (Wildman–Crippen MR) is 84.1 cm³/mol. The summed E-state index contributed by atoms with van der Waals surface area (Å²) < 4.78 is 11.4. The van der Waals surface area contributed by atoms with Gasteiger partial charge < -0.3 is 9.47 Å². The quantitative estimate of drug-likeness (QED) is 0.592. The second-order valence-corrected chi connectivity index (χ2v) is 5.36. The zero-order valence-corrected chi connectivity index (χ0v) is 13.0. The minimum atomic E-state index is 0.000308. The molecule has 2 atom stereocenters. The van der Waals surface area contributed by atoms with Crippen LogP contribution in [0.3, 0.4) is 0 Å². The lowest BCUT2D eigenvalue weighted by molar-refractivity contribution is -0.0471. The zero-order chi connectivity index (χ0) is 15.1. The van der Waals surface area contributed by atoms with Crippen molar-refractivity contribution in [2.24, 2.45) is 5.84 Å². The van der Waals surface area contributed by atoms with E-state index in [1.165, 1.54) is 0 Å². The van der Waals surface area contributed by atoms with Gasteiger partial charge in [-0.1, -0.05) is 19.1 Å². The molecule has 0 saturated carbocycles. The smallest absolute Gasteiger partial charge is 0.119 e. The van der Waals surface area contributed by atoms with Gasteiger partial charge in [-0.05, 0) is 37.6 Å². The van der Waals surface area contributed by atoms with Gasteiger partial charge in [0, 0.05) is 13.1 Å². The number of hydrogen-bond acceptors (Lipinski definition) is 5. The fourth-order valence-electron chi connectivity index (χ4n) is 2.81. The third-order valence-corrected chi connectivity index (χ3v) is 3.82. The summed E-state index contributed by atoms with van der Waals surface area (Å²) in [6.45, 7) is 8.66. The average Bonchev–Trinajstić information content (AvgIpc) is 2.51. The number of hydrazine groups is 1. The van der Waals surface area contributed by atoms with E-state index in [0.717, 1.165) is 44.0 Å². The Bertz CT molecular complexity index is 408. The van der Waals surface area contributed by atoms with E-state index in [0.29, 0.717) is 6.61 Å². The number of ether oxygens (including phenoxy) is 2. The van der Waals surface area contributed by atoms with Gasteiger partial charge in [-0.2, -0.15) is 0 Å². The highest BCUT2D eigenvalue weighted by molar-refractivity contribution is 5.29. The molecule has 1 aliphatic heterocycles. The van der Waals surface area contributed by atoms with Crippen LogP contribution < -0.4 is 16.0 Å². The van der Waals surface area contributed by atoms with Gasteiger partial charge in [0.2, 0.25) is 0 Å². The van der Waals surface area contributed by atoms with E-state index in [4.69, 9.17) is 15.3 Å². The maximum atomic E-state index is 5.92. The number of nitrogens with zero attached hydrogens (tertiary/aromatic N) is 1. The summed E-state index contributed by atoms with van der Waals surface area (Å²) in [5, 5.41) is 0. The Morgan fingerprint density at radius 1 is 1.38 bits per heavy atom. The maximum Gasteiger partial charge on any atom is 0.119 e. The van der Waals surface area contributed by atoms with Crippen molar-refractivity contribution >= 4 is 0 Å². The Hall–Kier alpha value is -1.14. The number of benzene rings is 1. The molecule has 0 bridgehead atoms. The minimum absolute atomic E-state index is 0.000308. The highest BCUT2D eigenvalue weighted by Gasteiger charge is 2.28. The lowest BCUT2D eigenvalue weighted by Gasteiger charge is -2.36. The molecule has 1 saturated heterocycles. The van der Waals surface area contributed by atoms with E-state index in [2.05, 4.69) is 29.4 Å². The van der Waals surface area contributed by atoms with Crippen LogP contribution in [0, 0.1) is 0 Å². The molecule has 1 aromatic carbocycles. The Morgan fingerprint density at radius 2 is 2.14 bits per heavy atom. The fraction of sp³-hybridized carbons (Fsp3) is 0.625. The molecule has 0 radical (unpaired) electrons. The van der Waals surface area contributed by atoms with E-state index in [9.17, 15) is 0 Å². The number of morpholine rings is 1. The summed E-state index contributed by atoms with van der Waals surface area (Å²) in [5.41, 5.74) is 4.04. The summed E-state index contributed by atoms with van der Waals surface area (Å²) in [6.07, 6.45) is 1.24. The van der Waals surface area contributed by atoms with E-state index in [-0.39, 0.29) is 12.1 Å². The first kappa shape index (κ1) is 16.2. The third-order valence-electron chi connectivity index (χ3n) is 3.82. The monoisotopic (exact) mass is 293 g/mol. The SMILES string of the molecule is CCCN1CCOC(C(NN)c2ccc(OCC)cc2)C1. The van der Waals surface area contributed by atoms with Crippen molar-refractivity contribution in [1.29, 1.82) is 0 Å². The molecule has 21 heavy (non-hydrogen) atoms. The predicted octanol–water partition coefficient (Wildman–Crippen LogP) is 1.70. The van der Waals surface area contributed by atoms with Crippen LogP contribution in [0.2, 0.25) is 0 Å². The van der Waals surface area contributed by atoms with Crippen molar-refractivity contribution in [2.75, 3.05) is 32.8 Å². The summed E-state index contributed by atoms with van der Waals surface area (Å²) in [5.74, 6) is 6.66. The second-order valence-electron chi connectivity index (χ2n) is 5.36. The van der Waals surface area contributed by atoms with Crippen LogP contribution in [0.4, 0.5) is 0 Å². The van der Waals surface area contributed by atoms with Gasteiger partial charge in [-0.3, -0.25) is 16.2 Å². The first-order valence-electron chi connectivity index (χ1n) is 7.81. The van der Waals surface area contributed by atoms with Gasteiger partial charge in [0.05, 0.1) is 25.4 Å². The summed E-state index contributed by atoms with van der Waals surface area (Å²) >= 11 is 0. The molecule has 3 N–H and O–H groups in total. The van der Waals surface area contributed by atoms with Crippen molar-refractivity contribution in [2.45, 2.75) is 32.4 Å². The topological polar surface area (TPSA) is 59.8 Å². The van der Waals surface area contributed by atoms with Gasteiger partial charge in [-0.15, -0.1) is 0 Å². The van der Waals surface area contributed by atoms with Crippen molar-refractivity contribution < 1.29 is 9.47 Å². The Labute approximate surface area is 127 Å². The molecule has 1 aliphatic rings. The molecule has 5 heteroatoms. The molecule has 1 aromatic rings. The van der Waals surface area contributed by atoms with Crippen LogP contribution in [0.15, 0.2) is 24.3 Å². The van der Waals surface area contributed by atoms with Crippen LogP contribution in [0.5, 0.6) is 5.75 Å². The van der Waals surface area contributed by atoms with Crippen molar-refractivity contribution in [3.8, 4) is 5.75 Å². The molecule has 118 valence electrons. The standard InChI is InChI=1S/C16H27N3O2/c1-3-9-19-10-11-21-15(12-19)16(18-17)13-5-7-14(8-6-13)20-4-2/h5-8,15-16,18H,3-4,9-12,17H2,1-2H3. The van der Waals surface area contributed by atoms with Gasteiger partial charge in [0.15, 0.2) is 0 Å². The fourth-order valence-corrected chi connectivity index (χ4v) is 2.81. The minimum Gasteiger partial charge on any atom is -0.494 e. The number of nitrogens with one attached hydrogen (secondary N) is 1. The van der Waals surface area contributed by atoms with E-state index in [1.54, 1.807) is 0 Å².